The minimum absolute atomic E-state index is 0.0208. The van der Waals surface area contributed by atoms with Crippen LogP contribution in [0, 0.1) is 22.7 Å². The summed E-state index contributed by atoms with van der Waals surface area (Å²) in [5.74, 6) is -2.19. The number of benzene rings is 1. The first-order chi connectivity index (χ1) is 20.8. The summed E-state index contributed by atoms with van der Waals surface area (Å²) in [6.45, 7) is 8.57. The smallest absolute Gasteiger partial charge is 0.331 e. The van der Waals surface area contributed by atoms with Gasteiger partial charge in [0.1, 0.15) is 11.7 Å². The highest BCUT2D eigenvalue weighted by Crippen LogP contribution is 2.69. The number of aliphatic hydroxyl groups excluding tert-OH is 2. The molecule has 0 saturated heterocycles. The molecule has 248 valence electrons. The Morgan fingerprint density at radius 3 is 2.33 bits per heavy atom. The van der Waals surface area contributed by atoms with Crippen molar-refractivity contribution in [1.29, 1.82) is 0 Å². The normalized spacial score (nSPS) is 40.2. The summed E-state index contributed by atoms with van der Waals surface area (Å²) in [4.78, 5) is 26.6. The van der Waals surface area contributed by atoms with E-state index < -0.39 is 75.1 Å². The predicted octanol–water partition coefficient (Wildman–Crippen LogP) is 3.23. The number of carbonyl (C=O) groups is 2. The SMILES string of the molecule is CC(C)(O)CC[C@@H](O)[C@](C)(O)[C@H]1CC[C@@]2(O)C3=CC(=O)[C@]4(O)C[C@@H](O)[C@@H](OC(=O)C=Cc5ccccc5)C[C@]4(C)[C@H]3CC[C@]12C. The Morgan fingerprint density at radius 1 is 1.02 bits per heavy atom. The Morgan fingerprint density at radius 2 is 1.69 bits per heavy atom. The van der Waals surface area contributed by atoms with E-state index in [1.54, 1.807) is 33.8 Å². The van der Waals surface area contributed by atoms with E-state index in [0.717, 1.165) is 5.56 Å². The molecule has 3 saturated carbocycles. The van der Waals surface area contributed by atoms with Crippen molar-refractivity contribution in [1.82, 2.24) is 0 Å². The summed E-state index contributed by atoms with van der Waals surface area (Å²) < 4.78 is 5.71. The number of rotatable bonds is 8. The maximum Gasteiger partial charge on any atom is 0.331 e. The first kappa shape index (κ1) is 33.9. The number of fused-ring (bicyclic) bond motifs is 5. The first-order valence-corrected chi connectivity index (χ1v) is 16.2. The fraction of sp³-hybridized carbons (Fsp3) is 0.667. The van der Waals surface area contributed by atoms with Gasteiger partial charge < -0.3 is 35.4 Å². The van der Waals surface area contributed by atoms with E-state index in [1.165, 1.54) is 12.2 Å². The standard InChI is InChI=1S/C36H50O9/c1-31(2,41)16-15-28(38)34(5,42)27-14-18-35(43)24-19-29(39)36(44)20-25(37)26(21-33(36,4)23(24)13-17-32(27,35)3)45-30(40)12-11-22-9-7-6-8-10-22/h6-12,19,23,25-28,37-38,41-44H,13-18,20-21H2,1-5H3/t23-,25+,26-,27-,28+,32+,33+,34+,35+,36+/m0/s1. The van der Waals surface area contributed by atoms with Crippen LogP contribution in [0.5, 0.6) is 0 Å². The maximum atomic E-state index is 13.8. The zero-order valence-corrected chi connectivity index (χ0v) is 27.1. The predicted molar refractivity (Wildman–Crippen MR) is 167 cm³/mol. The lowest BCUT2D eigenvalue weighted by atomic mass is 9.44. The number of hydrogen-bond acceptors (Lipinski definition) is 9. The maximum absolute atomic E-state index is 13.8. The molecule has 1 aromatic rings. The quantitative estimate of drug-likeness (QED) is 0.188. The van der Waals surface area contributed by atoms with Crippen LogP contribution in [0.2, 0.25) is 0 Å². The first-order valence-electron chi connectivity index (χ1n) is 16.2. The fourth-order valence-electron chi connectivity index (χ4n) is 9.32. The van der Waals surface area contributed by atoms with Crippen molar-refractivity contribution >= 4 is 17.8 Å². The van der Waals surface area contributed by atoms with Gasteiger partial charge in [-0.05, 0) is 101 Å². The van der Waals surface area contributed by atoms with Gasteiger partial charge in [-0.2, -0.15) is 0 Å². The van der Waals surface area contributed by atoms with Gasteiger partial charge in [-0.1, -0.05) is 44.2 Å². The van der Waals surface area contributed by atoms with Gasteiger partial charge in [0.2, 0.25) is 0 Å². The van der Waals surface area contributed by atoms with Crippen LogP contribution >= 0.6 is 0 Å². The second-order valence-electron chi connectivity index (χ2n) is 15.5. The number of ketones is 1. The molecule has 4 aliphatic rings. The summed E-state index contributed by atoms with van der Waals surface area (Å²) in [5.41, 5.74) is -6.69. The third-order valence-corrected chi connectivity index (χ3v) is 12.2. The van der Waals surface area contributed by atoms with Gasteiger partial charge >= 0.3 is 5.97 Å². The number of esters is 1. The molecule has 1 aromatic carbocycles. The molecule has 0 aromatic heterocycles. The molecule has 6 N–H and O–H groups in total. The van der Waals surface area contributed by atoms with Crippen molar-refractivity contribution in [3.63, 3.8) is 0 Å². The van der Waals surface area contributed by atoms with Gasteiger partial charge in [0.05, 0.1) is 29.0 Å². The van der Waals surface area contributed by atoms with Gasteiger partial charge in [0.15, 0.2) is 5.78 Å². The van der Waals surface area contributed by atoms with Crippen molar-refractivity contribution in [3.05, 3.63) is 53.6 Å². The summed E-state index contributed by atoms with van der Waals surface area (Å²) in [5, 5.41) is 68.5. The van der Waals surface area contributed by atoms with Gasteiger partial charge in [0.25, 0.3) is 0 Å². The topological polar surface area (TPSA) is 165 Å². The van der Waals surface area contributed by atoms with E-state index in [-0.39, 0.29) is 32.1 Å². The van der Waals surface area contributed by atoms with Crippen LogP contribution in [0.1, 0.15) is 91.5 Å². The Kier molecular flexibility index (Phi) is 8.59. The van der Waals surface area contributed by atoms with Crippen LogP contribution in [-0.4, -0.2) is 83.1 Å². The number of hydrogen-bond donors (Lipinski definition) is 6. The van der Waals surface area contributed by atoms with Crippen molar-refractivity contribution in [3.8, 4) is 0 Å². The fourth-order valence-corrected chi connectivity index (χ4v) is 9.32. The molecule has 4 aliphatic carbocycles. The molecule has 0 spiro atoms. The average molecular weight is 627 g/mol. The Balaban J connectivity index is 1.41. The largest absolute Gasteiger partial charge is 0.456 e. The molecule has 0 aliphatic heterocycles. The summed E-state index contributed by atoms with van der Waals surface area (Å²) >= 11 is 0. The van der Waals surface area contributed by atoms with Crippen LogP contribution in [0.4, 0.5) is 0 Å². The molecular weight excluding hydrogens is 576 g/mol. The van der Waals surface area contributed by atoms with E-state index in [9.17, 15) is 40.2 Å². The second-order valence-corrected chi connectivity index (χ2v) is 15.5. The Hall–Kier alpha value is -2.40. The Labute approximate surface area is 265 Å². The highest BCUT2D eigenvalue weighted by Gasteiger charge is 2.72. The van der Waals surface area contributed by atoms with Crippen molar-refractivity contribution in [2.45, 2.75) is 127 Å². The molecule has 5 rings (SSSR count). The zero-order valence-electron chi connectivity index (χ0n) is 27.1. The molecule has 9 nitrogen and oxygen atoms in total. The lowest BCUT2D eigenvalue weighted by Crippen LogP contribution is -2.69. The zero-order chi connectivity index (χ0) is 33.2. The molecule has 10 atom stereocenters. The summed E-state index contributed by atoms with van der Waals surface area (Å²) in [7, 11) is 0. The second kappa shape index (κ2) is 11.4. The van der Waals surface area contributed by atoms with Crippen LogP contribution in [-0.2, 0) is 14.3 Å². The van der Waals surface area contributed by atoms with E-state index in [1.807, 2.05) is 37.3 Å². The van der Waals surface area contributed by atoms with Crippen LogP contribution in [0.3, 0.4) is 0 Å². The third kappa shape index (κ3) is 5.53. The van der Waals surface area contributed by atoms with E-state index in [0.29, 0.717) is 24.8 Å². The Bertz CT molecular complexity index is 1360. The van der Waals surface area contributed by atoms with Gasteiger partial charge in [0, 0.05) is 23.3 Å². The van der Waals surface area contributed by atoms with Crippen molar-refractivity contribution in [2.75, 3.05) is 0 Å². The van der Waals surface area contributed by atoms with Gasteiger partial charge in [-0.15, -0.1) is 0 Å². The molecule has 45 heavy (non-hydrogen) atoms. The monoisotopic (exact) mass is 626 g/mol. The van der Waals surface area contributed by atoms with E-state index >= 15 is 0 Å². The highest BCUT2D eigenvalue weighted by molar-refractivity contribution is 6.00. The minimum atomic E-state index is -1.91. The molecule has 3 fully saturated rings. The highest BCUT2D eigenvalue weighted by atomic mass is 16.6. The molecule has 0 bridgehead atoms. The molecule has 0 radical (unpaired) electrons. The lowest BCUT2D eigenvalue weighted by Gasteiger charge is -2.63. The molecule has 0 heterocycles. The van der Waals surface area contributed by atoms with E-state index in [4.69, 9.17) is 4.74 Å². The van der Waals surface area contributed by atoms with Gasteiger partial charge in [-0.25, -0.2) is 4.79 Å². The number of aliphatic hydroxyl groups is 6. The minimum Gasteiger partial charge on any atom is -0.456 e. The molecule has 9 heteroatoms. The molecule has 0 unspecified atom stereocenters. The van der Waals surface area contributed by atoms with Crippen molar-refractivity contribution in [2.24, 2.45) is 22.7 Å². The lowest BCUT2D eigenvalue weighted by molar-refractivity contribution is -0.216. The molecular formula is C36H50O9. The summed E-state index contributed by atoms with van der Waals surface area (Å²) in [6.07, 6.45) is 2.68. The van der Waals surface area contributed by atoms with Gasteiger partial charge in [-0.3, -0.25) is 4.79 Å². The third-order valence-electron chi connectivity index (χ3n) is 12.2. The summed E-state index contributed by atoms with van der Waals surface area (Å²) in [6, 6.07) is 9.24. The van der Waals surface area contributed by atoms with E-state index in [2.05, 4.69) is 0 Å². The number of ether oxygens (including phenoxy) is 1. The van der Waals surface area contributed by atoms with Crippen molar-refractivity contribution < 1.29 is 45.0 Å². The number of carbonyl (C=O) groups excluding carboxylic acids is 2. The van der Waals surface area contributed by atoms with Crippen LogP contribution < -0.4 is 0 Å². The van der Waals surface area contributed by atoms with Crippen LogP contribution in [0.15, 0.2) is 48.1 Å². The average Bonchev–Trinajstić information content (AvgIpc) is 3.25. The van der Waals surface area contributed by atoms with Crippen LogP contribution in [0.25, 0.3) is 6.08 Å². The molecule has 0 amide bonds.